The lowest BCUT2D eigenvalue weighted by Gasteiger charge is -2.02. The molecule has 0 saturated heterocycles. The second-order valence-electron chi connectivity index (χ2n) is 5.10. The molecule has 2 aromatic heterocycles. The first-order valence-corrected chi connectivity index (χ1v) is 8.10. The summed E-state index contributed by atoms with van der Waals surface area (Å²) in [6.07, 6.45) is 4.06. The zero-order valence-corrected chi connectivity index (χ0v) is 13.6. The predicted octanol–water partition coefficient (Wildman–Crippen LogP) is 3.88. The Morgan fingerprint density at radius 3 is 2.70 bits per heavy atom. The normalized spacial score (nSPS) is 11.0. The SMILES string of the molecule is CCCNCc1sc(-c2ncc(C)cc2C)nc1CC. The van der Waals surface area contributed by atoms with Crippen LogP contribution in [-0.2, 0) is 13.0 Å². The van der Waals surface area contributed by atoms with E-state index in [0.29, 0.717) is 0 Å². The highest BCUT2D eigenvalue weighted by Crippen LogP contribution is 2.29. The minimum atomic E-state index is 0.916. The summed E-state index contributed by atoms with van der Waals surface area (Å²) in [4.78, 5) is 10.7. The van der Waals surface area contributed by atoms with Crippen LogP contribution < -0.4 is 5.32 Å². The van der Waals surface area contributed by atoms with Crippen LogP contribution in [0.2, 0.25) is 0 Å². The number of nitrogens with zero attached hydrogens (tertiary/aromatic N) is 2. The van der Waals surface area contributed by atoms with Crippen molar-refractivity contribution in [2.45, 2.75) is 47.1 Å². The monoisotopic (exact) mass is 289 g/mol. The number of aryl methyl sites for hydroxylation is 3. The average molecular weight is 289 g/mol. The molecule has 4 heteroatoms. The van der Waals surface area contributed by atoms with Crippen molar-refractivity contribution in [3.8, 4) is 10.7 Å². The van der Waals surface area contributed by atoms with Crippen molar-refractivity contribution in [1.82, 2.24) is 15.3 Å². The largest absolute Gasteiger partial charge is 0.312 e. The Hall–Kier alpha value is -1.26. The zero-order chi connectivity index (χ0) is 14.5. The van der Waals surface area contributed by atoms with Gasteiger partial charge in [0.25, 0.3) is 0 Å². The van der Waals surface area contributed by atoms with Gasteiger partial charge in [0.1, 0.15) is 10.7 Å². The molecule has 0 aliphatic rings. The standard InChI is InChI=1S/C16H23N3S/c1-5-7-17-10-14-13(6-2)19-16(20-14)15-12(4)8-11(3)9-18-15/h8-9,17H,5-7,10H2,1-4H3. The molecule has 0 aliphatic carbocycles. The van der Waals surface area contributed by atoms with Gasteiger partial charge in [-0.2, -0.15) is 0 Å². The fourth-order valence-electron chi connectivity index (χ4n) is 2.22. The Balaban J connectivity index is 2.28. The molecule has 0 radical (unpaired) electrons. The quantitative estimate of drug-likeness (QED) is 0.820. The van der Waals surface area contributed by atoms with Crippen molar-refractivity contribution in [1.29, 1.82) is 0 Å². The minimum absolute atomic E-state index is 0.916. The van der Waals surface area contributed by atoms with Gasteiger partial charge in [0.05, 0.1) is 5.69 Å². The van der Waals surface area contributed by atoms with Crippen LogP contribution in [0.1, 0.15) is 42.0 Å². The van der Waals surface area contributed by atoms with E-state index in [1.165, 1.54) is 21.7 Å². The van der Waals surface area contributed by atoms with E-state index in [9.17, 15) is 0 Å². The molecule has 0 saturated carbocycles. The van der Waals surface area contributed by atoms with Crippen molar-refractivity contribution < 1.29 is 0 Å². The molecule has 0 unspecified atom stereocenters. The fraction of sp³-hybridized carbons (Fsp3) is 0.500. The molecule has 2 heterocycles. The number of hydrogen-bond donors (Lipinski definition) is 1. The maximum absolute atomic E-state index is 4.78. The molecule has 0 aliphatic heterocycles. The Morgan fingerprint density at radius 1 is 1.25 bits per heavy atom. The van der Waals surface area contributed by atoms with Crippen LogP contribution in [0.4, 0.5) is 0 Å². The molecule has 0 atom stereocenters. The van der Waals surface area contributed by atoms with Crippen LogP contribution >= 0.6 is 11.3 Å². The summed E-state index contributed by atoms with van der Waals surface area (Å²) in [6.45, 7) is 10.5. The van der Waals surface area contributed by atoms with Gasteiger partial charge in [-0.3, -0.25) is 4.98 Å². The number of rotatable bonds is 6. The van der Waals surface area contributed by atoms with Gasteiger partial charge in [-0.15, -0.1) is 11.3 Å². The van der Waals surface area contributed by atoms with Crippen molar-refractivity contribution in [3.63, 3.8) is 0 Å². The lowest BCUT2D eigenvalue weighted by Crippen LogP contribution is -2.13. The first kappa shape index (κ1) is 15.1. The Bertz CT molecular complexity index is 575. The van der Waals surface area contributed by atoms with Gasteiger partial charge >= 0.3 is 0 Å². The molecule has 2 rings (SSSR count). The van der Waals surface area contributed by atoms with Gasteiger partial charge < -0.3 is 5.32 Å². The molecule has 0 fully saturated rings. The van der Waals surface area contributed by atoms with E-state index in [4.69, 9.17) is 4.98 Å². The number of hydrogen-bond acceptors (Lipinski definition) is 4. The summed E-state index contributed by atoms with van der Waals surface area (Å²) in [5, 5.41) is 4.51. The van der Waals surface area contributed by atoms with Crippen molar-refractivity contribution in [2.24, 2.45) is 0 Å². The molecule has 0 aromatic carbocycles. The molecule has 0 bridgehead atoms. The summed E-state index contributed by atoms with van der Waals surface area (Å²) < 4.78 is 0. The lowest BCUT2D eigenvalue weighted by molar-refractivity contribution is 0.677. The Morgan fingerprint density at radius 2 is 2.05 bits per heavy atom. The fourth-order valence-corrected chi connectivity index (χ4v) is 3.40. The van der Waals surface area contributed by atoms with E-state index in [-0.39, 0.29) is 0 Å². The summed E-state index contributed by atoms with van der Waals surface area (Å²) in [6, 6.07) is 2.17. The van der Waals surface area contributed by atoms with Crippen molar-refractivity contribution in [2.75, 3.05) is 6.54 Å². The highest BCUT2D eigenvalue weighted by atomic mass is 32.1. The van der Waals surface area contributed by atoms with Crippen LogP contribution in [0.3, 0.4) is 0 Å². The van der Waals surface area contributed by atoms with Crippen molar-refractivity contribution in [3.05, 3.63) is 34.0 Å². The summed E-state index contributed by atoms with van der Waals surface area (Å²) in [5.41, 5.74) is 4.63. The lowest BCUT2D eigenvalue weighted by atomic mass is 10.2. The third-order valence-corrected chi connectivity index (χ3v) is 4.35. The van der Waals surface area contributed by atoms with E-state index in [0.717, 1.165) is 36.6 Å². The Kier molecular flexibility index (Phi) is 5.26. The summed E-state index contributed by atoms with van der Waals surface area (Å²) in [5.74, 6) is 0. The summed E-state index contributed by atoms with van der Waals surface area (Å²) >= 11 is 1.77. The molecular weight excluding hydrogens is 266 g/mol. The van der Waals surface area contributed by atoms with Crippen LogP contribution in [0.15, 0.2) is 12.3 Å². The van der Waals surface area contributed by atoms with E-state index in [1.807, 2.05) is 6.20 Å². The highest BCUT2D eigenvalue weighted by Gasteiger charge is 2.13. The topological polar surface area (TPSA) is 37.8 Å². The van der Waals surface area contributed by atoms with Gasteiger partial charge in [0.2, 0.25) is 0 Å². The molecule has 2 aromatic rings. The van der Waals surface area contributed by atoms with E-state index >= 15 is 0 Å². The van der Waals surface area contributed by atoms with Crippen LogP contribution in [-0.4, -0.2) is 16.5 Å². The average Bonchev–Trinajstić information content (AvgIpc) is 2.82. The predicted molar refractivity (Wildman–Crippen MR) is 86.2 cm³/mol. The first-order valence-electron chi connectivity index (χ1n) is 7.28. The molecule has 3 nitrogen and oxygen atoms in total. The molecule has 108 valence electrons. The maximum Gasteiger partial charge on any atom is 0.142 e. The zero-order valence-electron chi connectivity index (χ0n) is 12.8. The molecule has 0 amide bonds. The van der Waals surface area contributed by atoms with Crippen LogP contribution in [0, 0.1) is 13.8 Å². The molecule has 20 heavy (non-hydrogen) atoms. The third-order valence-electron chi connectivity index (χ3n) is 3.24. The van der Waals surface area contributed by atoms with Crippen LogP contribution in [0.5, 0.6) is 0 Å². The third kappa shape index (κ3) is 3.44. The summed E-state index contributed by atoms with van der Waals surface area (Å²) in [7, 11) is 0. The number of nitrogens with one attached hydrogen (secondary N) is 1. The van der Waals surface area contributed by atoms with Gasteiger partial charge in [0, 0.05) is 17.6 Å². The second-order valence-corrected chi connectivity index (χ2v) is 6.18. The first-order chi connectivity index (χ1) is 9.65. The number of aromatic nitrogens is 2. The maximum atomic E-state index is 4.78. The van der Waals surface area contributed by atoms with Crippen molar-refractivity contribution >= 4 is 11.3 Å². The smallest absolute Gasteiger partial charge is 0.142 e. The molecule has 0 spiro atoms. The van der Waals surface area contributed by atoms with Gasteiger partial charge in [-0.25, -0.2) is 4.98 Å². The van der Waals surface area contributed by atoms with E-state index in [2.05, 4.69) is 44.1 Å². The van der Waals surface area contributed by atoms with Gasteiger partial charge in [-0.1, -0.05) is 19.9 Å². The molecular formula is C16H23N3S. The van der Waals surface area contributed by atoms with E-state index < -0.39 is 0 Å². The van der Waals surface area contributed by atoms with E-state index in [1.54, 1.807) is 11.3 Å². The Labute approximate surface area is 125 Å². The van der Waals surface area contributed by atoms with Gasteiger partial charge in [-0.05, 0) is 44.4 Å². The van der Waals surface area contributed by atoms with Gasteiger partial charge in [0.15, 0.2) is 0 Å². The minimum Gasteiger partial charge on any atom is -0.312 e. The number of thiazole rings is 1. The highest BCUT2D eigenvalue weighted by molar-refractivity contribution is 7.15. The molecule has 1 N–H and O–H groups in total. The second kappa shape index (κ2) is 6.95. The van der Waals surface area contributed by atoms with Crippen LogP contribution in [0.25, 0.3) is 10.7 Å². The number of pyridine rings is 1.